The van der Waals surface area contributed by atoms with Crippen LogP contribution in [0, 0.1) is 6.20 Å². The van der Waals surface area contributed by atoms with E-state index >= 15 is 0 Å². The molecule has 19 heavy (non-hydrogen) atoms. The Morgan fingerprint density at radius 1 is 1.11 bits per heavy atom. The molecule has 0 saturated carbocycles. The smallest absolute Gasteiger partial charge is 0.122 e. The Labute approximate surface area is 109 Å². The molecule has 0 amide bonds. The number of hydrogen-bond acceptors (Lipinski definition) is 2. The summed E-state index contributed by atoms with van der Waals surface area (Å²) in [6.45, 7) is 0. The molecule has 2 aromatic carbocycles. The second kappa shape index (κ2) is 3.68. The summed E-state index contributed by atoms with van der Waals surface area (Å²) in [4.78, 5) is 0. The van der Waals surface area contributed by atoms with Gasteiger partial charge >= 0.3 is 0 Å². The summed E-state index contributed by atoms with van der Waals surface area (Å²) in [5.41, 5.74) is 4.11. The first-order chi connectivity index (χ1) is 9.34. The number of aromatic amines is 1. The number of aryl methyl sites for hydroxylation is 1. The molecule has 2 aromatic heterocycles. The van der Waals surface area contributed by atoms with Crippen LogP contribution in [0.15, 0.2) is 42.5 Å². The van der Waals surface area contributed by atoms with Crippen LogP contribution in [0.25, 0.3) is 33.1 Å². The molecule has 91 valence electrons. The fourth-order valence-corrected chi connectivity index (χ4v) is 2.47. The van der Waals surface area contributed by atoms with E-state index in [0.29, 0.717) is 0 Å². The van der Waals surface area contributed by atoms with Crippen molar-refractivity contribution in [1.82, 2.24) is 20.0 Å². The molecule has 4 nitrogen and oxygen atoms in total. The molecule has 1 radical (unpaired) electrons. The SMILES string of the molecule is Cn1n[c]c2c(-c3n[nH]c4ccccc34)cccc21. The zero-order chi connectivity index (χ0) is 12.8. The van der Waals surface area contributed by atoms with Crippen LogP contribution < -0.4 is 0 Å². The second-order valence-corrected chi connectivity index (χ2v) is 4.55. The van der Waals surface area contributed by atoms with E-state index in [1.807, 2.05) is 42.1 Å². The molecule has 0 aliphatic heterocycles. The molecule has 0 aliphatic carbocycles. The molecule has 0 spiro atoms. The van der Waals surface area contributed by atoms with Gasteiger partial charge in [0.05, 0.1) is 11.0 Å². The van der Waals surface area contributed by atoms with Crippen molar-refractivity contribution in [2.24, 2.45) is 7.05 Å². The van der Waals surface area contributed by atoms with Gasteiger partial charge in [0.1, 0.15) is 11.9 Å². The van der Waals surface area contributed by atoms with E-state index in [4.69, 9.17) is 0 Å². The largest absolute Gasteiger partial charge is 0.277 e. The summed E-state index contributed by atoms with van der Waals surface area (Å²) >= 11 is 0. The molecule has 0 saturated heterocycles. The average Bonchev–Trinajstić information content (AvgIpc) is 3.03. The van der Waals surface area contributed by atoms with Crippen molar-refractivity contribution in [2.75, 3.05) is 0 Å². The Morgan fingerprint density at radius 2 is 2.00 bits per heavy atom. The van der Waals surface area contributed by atoms with Gasteiger partial charge in [-0.25, -0.2) is 0 Å². The van der Waals surface area contributed by atoms with Gasteiger partial charge in [0, 0.05) is 23.4 Å². The summed E-state index contributed by atoms with van der Waals surface area (Å²) in [5.74, 6) is 0. The maximum atomic E-state index is 4.44. The lowest BCUT2D eigenvalue weighted by molar-refractivity contribution is 0.794. The van der Waals surface area contributed by atoms with Crippen LogP contribution >= 0.6 is 0 Å². The quantitative estimate of drug-likeness (QED) is 0.562. The van der Waals surface area contributed by atoms with Crippen LogP contribution in [0.5, 0.6) is 0 Å². The number of nitrogens with zero attached hydrogens (tertiary/aromatic N) is 3. The predicted molar refractivity (Wildman–Crippen MR) is 74.6 cm³/mol. The highest BCUT2D eigenvalue weighted by Crippen LogP contribution is 2.31. The number of hydrogen-bond donors (Lipinski definition) is 1. The minimum atomic E-state index is 0.949. The van der Waals surface area contributed by atoms with Crippen LogP contribution in [0.1, 0.15) is 0 Å². The van der Waals surface area contributed by atoms with Crippen molar-refractivity contribution in [2.45, 2.75) is 0 Å². The lowest BCUT2D eigenvalue weighted by Gasteiger charge is -2.00. The Balaban J connectivity index is 2.09. The third-order valence-corrected chi connectivity index (χ3v) is 3.43. The Hall–Kier alpha value is -2.62. The molecular formula is C15H11N4. The number of H-pyrrole nitrogens is 1. The van der Waals surface area contributed by atoms with E-state index < -0.39 is 0 Å². The van der Waals surface area contributed by atoms with E-state index in [0.717, 1.165) is 33.1 Å². The Morgan fingerprint density at radius 3 is 2.95 bits per heavy atom. The van der Waals surface area contributed by atoms with Gasteiger partial charge in [0.15, 0.2) is 0 Å². The highest BCUT2D eigenvalue weighted by atomic mass is 15.2. The number of para-hydroxylation sites is 1. The number of benzene rings is 2. The fraction of sp³-hybridized carbons (Fsp3) is 0.0667. The zero-order valence-electron chi connectivity index (χ0n) is 10.4. The van der Waals surface area contributed by atoms with Gasteiger partial charge in [-0.2, -0.15) is 10.2 Å². The number of aromatic nitrogens is 4. The van der Waals surface area contributed by atoms with Crippen LogP contribution in [-0.2, 0) is 7.05 Å². The zero-order valence-corrected chi connectivity index (χ0v) is 10.4. The van der Waals surface area contributed by atoms with E-state index in [1.54, 1.807) is 0 Å². The van der Waals surface area contributed by atoms with Crippen molar-refractivity contribution in [3.63, 3.8) is 0 Å². The van der Waals surface area contributed by atoms with Gasteiger partial charge in [-0.05, 0) is 12.1 Å². The van der Waals surface area contributed by atoms with Gasteiger partial charge in [-0.15, -0.1) is 0 Å². The number of nitrogens with one attached hydrogen (secondary N) is 1. The molecule has 0 unspecified atom stereocenters. The number of rotatable bonds is 1. The van der Waals surface area contributed by atoms with Gasteiger partial charge in [-0.3, -0.25) is 9.78 Å². The topological polar surface area (TPSA) is 46.5 Å². The molecule has 1 N–H and O–H groups in total. The van der Waals surface area contributed by atoms with Gasteiger partial charge in [0.2, 0.25) is 0 Å². The minimum Gasteiger partial charge on any atom is -0.277 e. The van der Waals surface area contributed by atoms with E-state index in [-0.39, 0.29) is 0 Å². The van der Waals surface area contributed by atoms with Crippen molar-refractivity contribution in [3.05, 3.63) is 48.7 Å². The first-order valence-electron chi connectivity index (χ1n) is 6.11. The summed E-state index contributed by atoms with van der Waals surface area (Å²) in [5, 5.41) is 13.8. The highest BCUT2D eigenvalue weighted by molar-refractivity contribution is 6.01. The lowest BCUT2D eigenvalue weighted by Crippen LogP contribution is -1.88. The second-order valence-electron chi connectivity index (χ2n) is 4.55. The monoisotopic (exact) mass is 247 g/mol. The number of fused-ring (bicyclic) bond motifs is 2. The van der Waals surface area contributed by atoms with E-state index in [9.17, 15) is 0 Å². The predicted octanol–water partition coefficient (Wildman–Crippen LogP) is 2.92. The van der Waals surface area contributed by atoms with Gasteiger partial charge in [0.25, 0.3) is 0 Å². The normalized spacial score (nSPS) is 11.4. The molecule has 0 fully saturated rings. The van der Waals surface area contributed by atoms with Gasteiger partial charge < -0.3 is 0 Å². The maximum Gasteiger partial charge on any atom is 0.122 e. The Kier molecular flexibility index (Phi) is 2.00. The highest BCUT2D eigenvalue weighted by Gasteiger charge is 2.12. The lowest BCUT2D eigenvalue weighted by atomic mass is 10.0. The summed E-state index contributed by atoms with van der Waals surface area (Å²) in [7, 11) is 1.92. The molecule has 4 heteroatoms. The molecule has 2 heterocycles. The first kappa shape index (κ1) is 10.3. The van der Waals surface area contributed by atoms with Crippen LogP contribution in [-0.4, -0.2) is 20.0 Å². The third kappa shape index (κ3) is 1.40. The Bertz CT molecular complexity index is 885. The summed E-state index contributed by atoms with van der Waals surface area (Å²) < 4.78 is 1.83. The van der Waals surface area contributed by atoms with Crippen molar-refractivity contribution in [3.8, 4) is 11.3 Å². The summed E-state index contributed by atoms with van der Waals surface area (Å²) in [6.07, 6.45) is 3.07. The first-order valence-corrected chi connectivity index (χ1v) is 6.11. The van der Waals surface area contributed by atoms with Crippen LogP contribution in [0.4, 0.5) is 0 Å². The fourth-order valence-electron chi connectivity index (χ4n) is 2.47. The molecule has 4 rings (SSSR count). The summed E-state index contributed by atoms with van der Waals surface area (Å²) in [6, 6.07) is 14.2. The maximum absolute atomic E-state index is 4.44. The van der Waals surface area contributed by atoms with Crippen LogP contribution in [0.2, 0.25) is 0 Å². The van der Waals surface area contributed by atoms with Crippen LogP contribution in [0.3, 0.4) is 0 Å². The minimum absolute atomic E-state index is 0.949. The molecule has 0 atom stereocenters. The molecule has 0 aliphatic rings. The standard InChI is InChI=1S/C15H11N4/c1-19-14-8-4-6-10(12(14)9-16-19)15-11-5-2-3-7-13(11)17-18-15/h2-8H,1H3,(H,17,18). The third-order valence-electron chi connectivity index (χ3n) is 3.43. The van der Waals surface area contributed by atoms with E-state index in [1.165, 1.54) is 0 Å². The molecular weight excluding hydrogens is 236 g/mol. The molecule has 0 bridgehead atoms. The van der Waals surface area contributed by atoms with E-state index in [2.05, 4.69) is 33.6 Å². The van der Waals surface area contributed by atoms with Gasteiger partial charge in [-0.1, -0.05) is 30.3 Å². The van der Waals surface area contributed by atoms with Crippen molar-refractivity contribution in [1.29, 1.82) is 0 Å². The molecule has 4 aromatic rings. The average molecular weight is 247 g/mol. The van der Waals surface area contributed by atoms with Crippen molar-refractivity contribution < 1.29 is 0 Å². The van der Waals surface area contributed by atoms with Crippen molar-refractivity contribution >= 4 is 21.8 Å².